The standard InChI is InChI=1S/C17H25N3O5S/c1-3-25-14-6-4-13(5-7-14)20-15(21)12-19-16(22)17(26(2,23)24)8-10-18-11-9-17/h4-7,18H,3,8-12H2,1-2H3,(H,19,22)(H,20,21). The number of amides is 2. The Morgan fingerprint density at radius 2 is 1.81 bits per heavy atom. The highest BCUT2D eigenvalue weighted by atomic mass is 32.2. The highest BCUT2D eigenvalue weighted by molar-refractivity contribution is 7.92. The maximum Gasteiger partial charge on any atom is 0.243 e. The van der Waals surface area contributed by atoms with Gasteiger partial charge in [-0.05, 0) is 57.1 Å². The molecule has 0 saturated carbocycles. The normalized spacial score (nSPS) is 16.5. The minimum Gasteiger partial charge on any atom is -0.494 e. The van der Waals surface area contributed by atoms with Crippen LogP contribution in [0.4, 0.5) is 5.69 Å². The van der Waals surface area contributed by atoms with Crippen molar-refractivity contribution in [3.8, 4) is 5.75 Å². The maximum absolute atomic E-state index is 12.5. The Morgan fingerprint density at radius 1 is 1.19 bits per heavy atom. The summed E-state index contributed by atoms with van der Waals surface area (Å²) in [6, 6.07) is 6.84. The second-order valence-corrected chi connectivity index (χ2v) is 8.53. The van der Waals surface area contributed by atoms with E-state index in [0.29, 0.717) is 31.1 Å². The summed E-state index contributed by atoms with van der Waals surface area (Å²) in [7, 11) is -3.60. The Labute approximate surface area is 153 Å². The average Bonchev–Trinajstić information content (AvgIpc) is 2.61. The first-order valence-corrected chi connectivity index (χ1v) is 10.4. The Morgan fingerprint density at radius 3 is 2.35 bits per heavy atom. The van der Waals surface area contributed by atoms with Crippen LogP contribution in [-0.4, -0.2) is 57.5 Å². The minimum atomic E-state index is -3.60. The summed E-state index contributed by atoms with van der Waals surface area (Å²) in [4.78, 5) is 24.6. The van der Waals surface area contributed by atoms with Crippen molar-refractivity contribution in [2.24, 2.45) is 0 Å². The number of anilines is 1. The first-order valence-electron chi connectivity index (χ1n) is 8.50. The summed E-state index contributed by atoms with van der Waals surface area (Å²) >= 11 is 0. The third-order valence-corrected chi connectivity index (χ3v) is 6.41. The van der Waals surface area contributed by atoms with E-state index in [2.05, 4.69) is 16.0 Å². The van der Waals surface area contributed by atoms with Crippen LogP contribution in [0.1, 0.15) is 19.8 Å². The fraction of sp³-hybridized carbons (Fsp3) is 0.529. The van der Waals surface area contributed by atoms with Gasteiger partial charge in [0.1, 0.15) is 5.75 Å². The van der Waals surface area contributed by atoms with Crippen molar-refractivity contribution < 1.29 is 22.7 Å². The van der Waals surface area contributed by atoms with E-state index in [1.807, 2.05) is 6.92 Å². The molecule has 0 aliphatic carbocycles. The Kier molecular flexibility index (Phi) is 6.60. The summed E-state index contributed by atoms with van der Waals surface area (Å²) in [5.74, 6) is -0.358. The number of piperidine rings is 1. The SMILES string of the molecule is CCOc1ccc(NC(=O)CNC(=O)C2(S(C)(=O)=O)CCNCC2)cc1. The largest absolute Gasteiger partial charge is 0.494 e. The average molecular weight is 383 g/mol. The molecular weight excluding hydrogens is 358 g/mol. The number of carbonyl (C=O) groups is 2. The molecule has 0 bridgehead atoms. The van der Waals surface area contributed by atoms with Gasteiger partial charge in [0.05, 0.1) is 13.2 Å². The molecule has 0 unspecified atom stereocenters. The van der Waals surface area contributed by atoms with Crippen LogP contribution in [0.25, 0.3) is 0 Å². The smallest absolute Gasteiger partial charge is 0.243 e. The number of nitrogens with one attached hydrogen (secondary N) is 3. The number of ether oxygens (including phenoxy) is 1. The zero-order valence-corrected chi connectivity index (χ0v) is 15.8. The van der Waals surface area contributed by atoms with Crippen LogP contribution < -0.4 is 20.7 Å². The van der Waals surface area contributed by atoms with Gasteiger partial charge in [-0.1, -0.05) is 0 Å². The van der Waals surface area contributed by atoms with Crippen LogP contribution in [0, 0.1) is 0 Å². The van der Waals surface area contributed by atoms with E-state index < -0.39 is 26.4 Å². The number of carbonyl (C=O) groups excluding carboxylic acids is 2. The third-order valence-electron chi connectivity index (χ3n) is 4.39. The van der Waals surface area contributed by atoms with Crippen LogP contribution >= 0.6 is 0 Å². The number of hydrogen-bond acceptors (Lipinski definition) is 6. The van der Waals surface area contributed by atoms with Crippen molar-refractivity contribution >= 4 is 27.3 Å². The molecule has 1 aromatic rings. The molecule has 3 N–H and O–H groups in total. The molecule has 1 aromatic carbocycles. The predicted molar refractivity (Wildman–Crippen MR) is 98.9 cm³/mol. The van der Waals surface area contributed by atoms with Crippen LogP contribution in [0.2, 0.25) is 0 Å². The van der Waals surface area contributed by atoms with Gasteiger partial charge in [-0.15, -0.1) is 0 Å². The van der Waals surface area contributed by atoms with E-state index in [9.17, 15) is 18.0 Å². The number of rotatable bonds is 7. The lowest BCUT2D eigenvalue weighted by Gasteiger charge is -2.34. The van der Waals surface area contributed by atoms with Gasteiger partial charge in [0, 0.05) is 11.9 Å². The lowest BCUT2D eigenvalue weighted by atomic mass is 9.96. The second kappa shape index (κ2) is 8.50. The molecule has 1 aliphatic heterocycles. The van der Waals surface area contributed by atoms with Crippen molar-refractivity contribution in [3.63, 3.8) is 0 Å². The molecule has 2 amide bonds. The third kappa shape index (κ3) is 4.73. The highest BCUT2D eigenvalue weighted by Crippen LogP contribution is 2.27. The first-order chi connectivity index (χ1) is 12.3. The molecule has 0 aromatic heterocycles. The molecule has 8 nitrogen and oxygen atoms in total. The summed E-state index contributed by atoms with van der Waals surface area (Å²) in [5.41, 5.74) is 0.562. The van der Waals surface area contributed by atoms with Crippen LogP contribution in [0.5, 0.6) is 5.75 Å². The zero-order chi connectivity index (χ0) is 19.2. The predicted octanol–water partition coefficient (Wildman–Crippen LogP) is 0.307. The summed E-state index contributed by atoms with van der Waals surface area (Å²) in [5, 5.41) is 8.16. The zero-order valence-electron chi connectivity index (χ0n) is 15.0. The molecular formula is C17H25N3O5S. The lowest BCUT2D eigenvalue weighted by molar-refractivity contribution is -0.126. The Balaban J connectivity index is 1.94. The van der Waals surface area contributed by atoms with Crippen LogP contribution in [-0.2, 0) is 19.4 Å². The second-order valence-electron chi connectivity index (χ2n) is 6.20. The maximum atomic E-state index is 12.5. The van der Waals surface area contributed by atoms with Gasteiger partial charge in [-0.3, -0.25) is 9.59 Å². The van der Waals surface area contributed by atoms with Crippen molar-refractivity contribution in [2.75, 3.05) is 37.8 Å². The topological polar surface area (TPSA) is 114 Å². The monoisotopic (exact) mass is 383 g/mol. The molecule has 9 heteroatoms. The van der Waals surface area contributed by atoms with E-state index in [1.165, 1.54) is 0 Å². The molecule has 0 atom stereocenters. The number of benzene rings is 1. The van der Waals surface area contributed by atoms with Gasteiger partial charge in [0.15, 0.2) is 14.6 Å². The van der Waals surface area contributed by atoms with Crippen molar-refractivity contribution in [1.82, 2.24) is 10.6 Å². The van der Waals surface area contributed by atoms with Gasteiger partial charge >= 0.3 is 0 Å². The molecule has 26 heavy (non-hydrogen) atoms. The molecule has 1 fully saturated rings. The quantitative estimate of drug-likeness (QED) is 0.624. The molecule has 1 aliphatic rings. The van der Waals surface area contributed by atoms with Crippen molar-refractivity contribution in [2.45, 2.75) is 24.5 Å². The van der Waals surface area contributed by atoms with E-state index in [0.717, 1.165) is 6.26 Å². The van der Waals surface area contributed by atoms with Gasteiger partial charge in [0.25, 0.3) is 0 Å². The van der Waals surface area contributed by atoms with E-state index in [-0.39, 0.29) is 19.4 Å². The highest BCUT2D eigenvalue weighted by Gasteiger charge is 2.48. The van der Waals surface area contributed by atoms with Crippen molar-refractivity contribution in [1.29, 1.82) is 0 Å². The Hall–Kier alpha value is -2.13. The summed E-state index contributed by atoms with van der Waals surface area (Å²) in [6.45, 7) is 3.02. The van der Waals surface area contributed by atoms with E-state index in [1.54, 1.807) is 24.3 Å². The molecule has 144 valence electrons. The van der Waals surface area contributed by atoms with Gasteiger partial charge in [-0.2, -0.15) is 0 Å². The summed E-state index contributed by atoms with van der Waals surface area (Å²) in [6.07, 6.45) is 1.45. The number of sulfone groups is 1. The number of hydrogen-bond donors (Lipinski definition) is 3. The molecule has 0 spiro atoms. The van der Waals surface area contributed by atoms with Gasteiger partial charge in [-0.25, -0.2) is 8.42 Å². The van der Waals surface area contributed by atoms with Crippen LogP contribution in [0.15, 0.2) is 24.3 Å². The fourth-order valence-electron chi connectivity index (χ4n) is 2.92. The molecule has 0 radical (unpaired) electrons. The van der Waals surface area contributed by atoms with Gasteiger partial charge in [0.2, 0.25) is 11.8 Å². The van der Waals surface area contributed by atoms with Gasteiger partial charge < -0.3 is 20.7 Å². The fourth-order valence-corrected chi connectivity index (χ4v) is 4.28. The lowest BCUT2D eigenvalue weighted by Crippen LogP contribution is -2.58. The van der Waals surface area contributed by atoms with E-state index in [4.69, 9.17) is 4.74 Å². The van der Waals surface area contributed by atoms with Crippen LogP contribution in [0.3, 0.4) is 0 Å². The molecule has 1 heterocycles. The molecule has 2 rings (SSSR count). The summed E-state index contributed by atoms with van der Waals surface area (Å²) < 4.78 is 28.2. The minimum absolute atomic E-state index is 0.193. The van der Waals surface area contributed by atoms with Crippen molar-refractivity contribution in [3.05, 3.63) is 24.3 Å². The molecule has 1 saturated heterocycles. The Bertz CT molecular complexity index is 740. The van der Waals surface area contributed by atoms with E-state index >= 15 is 0 Å². The first kappa shape index (κ1) is 20.2.